The average molecular weight is 454 g/mol. The molecule has 0 radical (unpaired) electrons. The number of hydrogen-bond acceptors (Lipinski definition) is 5. The SMILES string of the molecule is COc1cc(OC)cc(C(C)N(CCOCc2ccccc2)C(=O)CC2(C(C)=O)CCC2)c1. The molecule has 178 valence electrons. The van der Waals surface area contributed by atoms with Gasteiger partial charge in [0.05, 0.1) is 33.5 Å². The van der Waals surface area contributed by atoms with Crippen molar-refractivity contribution in [2.24, 2.45) is 5.41 Å². The summed E-state index contributed by atoms with van der Waals surface area (Å²) in [5.41, 5.74) is 1.49. The summed E-state index contributed by atoms with van der Waals surface area (Å²) < 4.78 is 16.7. The fourth-order valence-electron chi connectivity index (χ4n) is 4.36. The zero-order valence-electron chi connectivity index (χ0n) is 20.1. The van der Waals surface area contributed by atoms with E-state index in [1.54, 1.807) is 21.1 Å². The van der Waals surface area contributed by atoms with Gasteiger partial charge in [0, 0.05) is 24.4 Å². The highest BCUT2D eigenvalue weighted by molar-refractivity contribution is 5.89. The van der Waals surface area contributed by atoms with Gasteiger partial charge < -0.3 is 19.1 Å². The van der Waals surface area contributed by atoms with Crippen LogP contribution in [-0.2, 0) is 20.9 Å². The van der Waals surface area contributed by atoms with E-state index >= 15 is 0 Å². The minimum Gasteiger partial charge on any atom is -0.497 e. The smallest absolute Gasteiger partial charge is 0.224 e. The molecular formula is C27H35NO5. The third-order valence-electron chi connectivity index (χ3n) is 6.78. The molecular weight excluding hydrogens is 418 g/mol. The molecule has 0 saturated heterocycles. The van der Waals surface area contributed by atoms with Gasteiger partial charge in [0.2, 0.25) is 5.91 Å². The number of methoxy groups -OCH3 is 2. The van der Waals surface area contributed by atoms with Gasteiger partial charge in [-0.25, -0.2) is 0 Å². The molecule has 1 aliphatic rings. The second kappa shape index (κ2) is 11.3. The fourth-order valence-corrected chi connectivity index (χ4v) is 4.36. The monoisotopic (exact) mass is 453 g/mol. The van der Waals surface area contributed by atoms with Gasteiger partial charge in [0.25, 0.3) is 0 Å². The van der Waals surface area contributed by atoms with Crippen molar-refractivity contribution in [2.45, 2.75) is 52.2 Å². The van der Waals surface area contributed by atoms with Crippen LogP contribution in [0.3, 0.4) is 0 Å². The molecule has 2 aromatic rings. The summed E-state index contributed by atoms with van der Waals surface area (Å²) in [6.45, 7) is 4.92. The molecule has 33 heavy (non-hydrogen) atoms. The summed E-state index contributed by atoms with van der Waals surface area (Å²) in [6, 6.07) is 15.4. The van der Waals surface area contributed by atoms with Crippen LogP contribution < -0.4 is 9.47 Å². The molecule has 1 fully saturated rings. The number of nitrogens with zero attached hydrogens (tertiary/aromatic N) is 1. The van der Waals surface area contributed by atoms with Crippen LogP contribution in [0.15, 0.2) is 48.5 Å². The minimum absolute atomic E-state index is 0.0255. The number of benzene rings is 2. The second-order valence-electron chi connectivity index (χ2n) is 8.81. The van der Waals surface area contributed by atoms with Gasteiger partial charge in [-0.3, -0.25) is 9.59 Å². The molecule has 0 N–H and O–H groups in total. The molecule has 0 spiro atoms. The molecule has 1 amide bonds. The van der Waals surface area contributed by atoms with Crippen LogP contribution in [0.1, 0.15) is 56.7 Å². The van der Waals surface area contributed by atoms with E-state index in [2.05, 4.69) is 0 Å². The first-order valence-electron chi connectivity index (χ1n) is 11.5. The Labute approximate surface area is 196 Å². The lowest BCUT2D eigenvalue weighted by Gasteiger charge is -2.41. The van der Waals surface area contributed by atoms with Gasteiger partial charge in [-0.05, 0) is 49.9 Å². The van der Waals surface area contributed by atoms with Gasteiger partial charge in [0.1, 0.15) is 17.3 Å². The molecule has 3 rings (SSSR count). The van der Waals surface area contributed by atoms with Crippen LogP contribution in [-0.4, -0.2) is 44.0 Å². The van der Waals surface area contributed by atoms with Crippen molar-refractivity contribution in [3.05, 3.63) is 59.7 Å². The Morgan fingerprint density at radius 3 is 2.18 bits per heavy atom. The predicted octanol–water partition coefficient (Wildman–Crippen LogP) is 4.96. The zero-order valence-corrected chi connectivity index (χ0v) is 20.1. The molecule has 0 aromatic heterocycles. The van der Waals surface area contributed by atoms with Crippen LogP contribution in [0.25, 0.3) is 0 Å². The summed E-state index contributed by atoms with van der Waals surface area (Å²) in [4.78, 5) is 27.6. The van der Waals surface area contributed by atoms with E-state index in [0.717, 1.165) is 30.4 Å². The van der Waals surface area contributed by atoms with Gasteiger partial charge >= 0.3 is 0 Å². The highest BCUT2D eigenvalue weighted by Gasteiger charge is 2.44. The van der Waals surface area contributed by atoms with Crippen LogP contribution in [0, 0.1) is 5.41 Å². The molecule has 0 bridgehead atoms. The normalized spacial score (nSPS) is 15.3. The van der Waals surface area contributed by atoms with Crippen molar-refractivity contribution in [3.8, 4) is 11.5 Å². The highest BCUT2D eigenvalue weighted by atomic mass is 16.5. The molecule has 0 heterocycles. The summed E-state index contributed by atoms with van der Waals surface area (Å²) in [5, 5.41) is 0. The standard InChI is InChI=1S/C27H35NO5/c1-20(23-15-24(31-3)17-25(16-23)32-4)28(13-14-33-19-22-9-6-5-7-10-22)26(30)18-27(21(2)29)11-8-12-27/h5-7,9-10,15-17,20H,8,11-14,18-19H2,1-4H3. The Hall–Kier alpha value is -2.86. The van der Waals surface area contributed by atoms with Crippen LogP contribution >= 0.6 is 0 Å². The van der Waals surface area contributed by atoms with Crippen LogP contribution in [0.2, 0.25) is 0 Å². The highest BCUT2D eigenvalue weighted by Crippen LogP contribution is 2.45. The van der Waals surface area contributed by atoms with E-state index in [1.165, 1.54) is 0 Å². The molecule has 1 atom stereocenters. The molecule has 6 nitrogen and oxygen atoms in total. The lowest BCUT2D eigenvalue weighted by Crippen LogP contribution is -2.44. The number of Topliss-reactive ketones (excluding diaryl/α,β-unsaturated/α-hetero) is 1. The van der Waals surface area contributed by atoms with Crippen molar-refractivity contribution in [1.29, 1.82) is 0 Å². The maximum absolute atomic E-state index is 13.5. The van der Waals surface area contributed by atoms with E-state index in [0.29, 0.717) is 31.3 Å². The number of ether oxygens (including phenoxy) is 3. The Bertz CT molecular complexity index is 917. The zero-order chi connectivity index (χ0) is 23.8. The van der Waals surface area contributed by atoms with Crippen molar-refractivity contribution in [2.75, 3.05) is 27.4 Å². The largest absolute Gasteiger partial charge is 0.497 e. The third-order valence-corrected chi connectivity index (χ3v) is 6.78. The van der Waals surface area contributed by atoms with E-state index in [4.69, 9.17) is 14.2 Å². The van der Waals surface area contributed by atoms with Crippen molar-refractivity contribution in [1.82, 2.24) is 4.90 Å². The van der Waals surface area contributed by atoms with E-state index in [9.17, 15) is 9.59 Å². The van der Waals surface area contributed by atoms with E-state index < -0.39 is 5.41 Å². The molecule has 1 unspecified atom stereocenters. The van der Waals surface area contributed by atoms with Crippen molar-refractivity contribution in [3.63, 3.8) is 0 Å². The number of carbonyl (C=O) groups excluding carboxylic acids is 2. The Morgan fingerprint density at radius 1 is 1.03 bits per heavy atom. The minimum atomic E-state index is -0.508. The first-order chi connectivity index (χ1) is 15.9. The number of carbonyl (C=O) groups is 2. The Kier molecular flexibility index (Phi) is 8.50. The van der Waals surface area contributed by atoms with Crippen molar-refractivity contribution >= 4 is 11.7 Å². The maximum Gasteiger partial charge on any atom is 0.224 e. The lowest BCUT2D eigenvalue weighted by atomic mass is 9.64. The van der Waals surface area contributed by atoms with Crippen LogP contribution in [0.5, 0.6) is 11.5 Å². The quantitative estimate of drug-likeness (QED) is 0.425. The van der Waals surface area contributed by atoms with Gasteiger partial charge in [-0.1, -0.05) is 36.8 Å². The topological polar surface area (TPSA) is 65.1 Å². The number of hydrogen-bond donors (Lipinski definition) is 0. The van der Waals surface area contributed by atoms with E-state index in [1.807, 2.05) is 60.4 Å². The summed E-state index contributed by atoms with van der Waals surface area (Å²) in [5.74, 6) is 1.42. The summed E-state index contributed by atoms with van der Waals surface area (Å²) in [6.07, 6.45) is 2.81. The Morgan fingerprint density at radius 2 is 1.67 bits per heavy atom. The van der Waals surface area contributed by atoms with E-state index in [-0.39, 0.29) is 24.2 Å². The Balaban J connectivity index is 1.76. The number of rotatable bonds is 12. The molecule has 2 aromatic carbocycles. The van der Waals surface area contributed by atoms with Crippen LogP contribution in [0.4, 0.5) is 0 Å². The summed E-state index contributed by atoms with van der Waals surface area (Å²) >= 11 is 0. The maximum atomic E-state index is 13.5. The van der Waals surface area contributed by atoms with Gasteiger partial charge in [-0.15, -0.1) is 0 Å². The fraction of sp³-hybridized carbons (Fsp3) is 0.481. The average Bonchev–Trinajstić information content (AvgIpc) is 2.80. The third kappa shape index (κ3) is 6.14. The first kappa shape index (κ1) is 24.8. The molecule has 6 heteroatoms. The van der Waals surface area contributed by atoms with Gasteiger partial charge in [0.15, 0.2) is 0 Å². The van der Waals surface area contributed by atoms with Crippen molar-refractivity contribution < 1.29 is 23.8 Å². The molecule has 1 aliphatic carbocycles. The number of amides is 1. The second-order valence-corrected chi connectivity index (χ2v) is 8.81. The lowest BCUT2D eigenvalue weighted by molar-refractivity contribution is -0.145. The predicted molar refractivity (Wildman–Crippen MR) is 127 cm³/mol. The molecule has 0 aliphatic heterocycles. The summed E-state index contributed by atoms with van der Waals surface area (Å²) in [7, 11) is 3.22. The first-order valence-corrected chi connectivity index (χ1v) is 11.5. The van der Waals surface area contributed by atoms with Gasteiger partial charge in [-0.2, -0.15) is 0 Å². The number of ketones is 1. The molecule has 1 saturated carbocycles.